The molecule has 2 saturated heterocycles. The van der Waals surface area contributed by atoms with Gasteiger partial charge in [-0.1, -0.05) is 24.3 Å². The maximum atomic E-state index is 13.3. The van der Waals surface area contributed by atoms with Gasteiger partial charge in [-0.15, -0.1) is 0 Å². The lowest BCUT2D eigenvalue weighted by atomic mass is 9.92. The Balaban J connectivity index is 1.06. The summed E-state index contributed by atoms with van der Waals surface area (Å²) in [6.45, 7) is 3.68. The number of aryl methyl sites for hydroxylation is 1. The van der Waals surface area contributed by atoms with Gasteiger partial charge in [0.25, 0.3) is 5.91 Å². The highest BCUT2D eigenvalue weighted by molar-refractivity contribution is 6.09. The van der Waals surface area contributed by atoms with E-state index < -0.39 is 11.6 Å². The number of hydrogen-bond acceptors (Lipinski definition) is 5. The highest BCUT2D eigenvalue weighted by Crippen LogP contribution is 2.41. The minimum absolute atomic E-state index is 0.186. The van der Waals surface area contributed by atoms with Crippen LogP contribution in [0.25, 0.3) is 0 Å². The maximum Gasteiger partial charge on any atom is 0.325 e. The van der Waals surface area contributed by atoms with E-state index in [0.717, 1.165) is 53.6 Å². The summed E-state index contributed by atoms with van der Waals surface area (Å²) >= 11 is 0. The average Bonchev–Trinajstić information content (AvgIpc) is 3.53. The Morgan fingerprint density at radius 3 is 2.71 bits per heavy atom. The highest BCUT2D eigenvalue weighted by atomic mass is 16.7. The maximum absolute atomic E-state index is 13.3. The molecule has 9 nitrogen and oxygen atoms in total. The SMILES string of the molecule is O=C(CN1C(=O)N[C@@]2(CCc3ccccc32)C1=O)N1CC[NH+](Cc2ccc3c(c2)OCO3)CC1. The molecule has 3 aliphatic heterocycles. The minimum Gasteiger partial charge on any atom is -0.454 e. The van der Waals surface area contributed by atoms with Crippen molar-refractivity contribution in [1.82, 2.24) is 15.1 Å². The van der Waals surface area contributed by atoms with Crippen LogP contribution < -0.4 is 19.7 Å². The van der Waals surface area contributed by atoms with E-state index in [1.807, 2.05) is 42.5 Å². The quantitative estimate of drug-likeness (QED) is 0.625. The number of imide groups is 1. The molecule has 0 aromatic heterocycles. The van der Waals surface area contributed by atoms with Crippen molar-refractivity contribution in [2.75, 3.05) is 39.5 Å². The van der Waals surface area contributed by atoms with Crippen LogP contribution in [0.2, 0.25) is 0 Å². The largest absolute Gasteiger partial charge is 0.454 e. The van der Waals surface area contributed by atoms with E-state index in [1.54, 1.807) is 4.90 Å². The van der Waals surface area contributed by atoms with E-state index in [4.69, 9.17) is 9.47 Å². The molecule has 2 N–H and O–H groups in total. The van der Waals surface area contributed by atoms with Crippen LogP contribution in [0.1, 0.15) is 23.1 Å². The van der Waals surface area contributed by atoms with Crippen LogP contribution in [0.5, 0.6) is 11.5 Å². The lowest BCUT2D eigenvalue weighted by Crippen LogP contribution is -3.13. The van der Waals surface area contributed by atoms with Gasteiger partial charge in [0, 0.05) is 5.56 Å². The smallest absolute Gasteiger partial charge is 0.325 e. The third-order valence-corrected chi connectivity index (χ3v) is 7.43. The second-order valence-electron chi connectivity index (χ2n) is 9.38. The van der Waals surface area contributed by atoms with Gasteiger partial charge in [0.15, 0.2) is 11.5 Å². The summed E-state index contributed by atoms with van der Waals surface area (Å²) in [7, 11) is 0. The van der Waals surface area contributed by atoms with Crippen molar-refractivity contribution in [1.29, 1.82) is 0 Å². The Labute approximate surface area is 197 Å². The fraction of sp³-hybridized carbons (Fsp3) is 0.400. The fourth-order valence-corrected chi connectivity index (χ4v) is 5.56. The summed E-state index contributed by atoms with van der Waals surface area (Å²) < 4.78 is 10.8. The Hall–Kier alpha value is -3.59. The van der Waals surface area contributed by atoms with Crippen molar-refractivity contribution >= 4 is 17.8 Å². The second kappa shape index (κ2) is 8.02. The van der Waals surface area contributed by atoms with Crippen LogP contribution in [0.4, 0.5) is 4.79 Å². The summed E-state index contributed by atoms with van der Waals surface area (Å²) in [4.78, 5) is 43.2. The van der Waals surface area contributed by atoms with E-state index >= 15 is 0 Å². The molecule has 1 aliphatic carbocycles. The van der Waals surface area contributed by atoms with Crippen LogP contribution in [-0.2, 0) is 28.1 Å². The topological polar surface area (TPSA) is 92.6 Å². The van der Waals surface area contributed by atoms with Crippen molar-refractivity contribution in [3.8, 4) is 11.5 Å². The number of benzene rings is 2. The average molecular weight is 464 g/mol. The molecule has 3 heterocycles. The molecule has 4 aliphatic rings. The fourth-order valence-electron chi connectivity index (χ4n) is 5.56. The lowest BCUT2D eigenvalue weighted by molar-refractivity contribution is -0.917. The number of carbonyl (C=O) groups excluding carboxylic acids is 3. The van der Waals surface area contributed by atoms with Gasteiger partial charge in [0.05, 0.1) is 26.2 Å². The first-order valence-electron chi connectivity index (χ1n) is 11.8. The third-order valence-electron chi connectivity index (χ3n) is 7.43. The number of piperazine rings is 1. The minimum atomic E-state index is -1.03. The zero-order chi connectivity index (χ0) is 23.3. The van der Waals surface area contributed by atoms with Gasteiger partial charge in [0.2, 0.25) is 12.7 Å². The van der Waals surface area contributed by atoms with Crippen LogP contribution in [0.15, 0.2) is 42.5 Å². The predicted molar refractivity (Wildman–Crippen MR) is 120 cm³/mol. The molecule has 2 aromatic rings. The summed E-state index contributed by atoms with van der Waals surface area (Å²) in [5.74, 6) is 1.05. The Bertz CT molecular complexity index is 1180. The molecule has 0 unspecified atom stereocenters. The van der Waals surface area contributed by atoms with Crippen molar-refractivity contribution < 1.29 is 28.8 Å². The third kappa shape index (κ3) is 3.38. The van der Waals surface area contributed by atoms with Gasteiger partial charge in [-0.25, -0.2) is 4.79 Å². The van der Waals surface area contributed by atoms with E-state index in [2.05, 4.69) is 5.32 Å². The molecule has 2 aromatic carbocycles. The van der Waals surface area contributed by atoms with Gasteiger partial charge in [-0.3, -0.25) is 14.5 Å². The Morgan fingerprint density at radius 2 is 1.85 bits per heavy atom. The van der Waals surface area contributed by atoms with Crippen LogP contribution >= 0.6 is 0 Å². The first kappa shape index (κ1) is 21.0. The molecule has 34 heavy (non-hydrogen) atoms. The summed E-state index contributed by atoms with van der Waals surface area (Å²) in [5, 5.41) is 2.89. The van der Waals surface area contributed by atoms with Gasteiger partial charge in [-0.05, 0) is 42.2 Å². The number of ether oxygens (including phenoxy) is 2. The van der Waals surface area contributed by atoms with Gasteiger partial charge in [-0.2, -0.15) is 0 Å². The summed E-state index contributed by atoms with van der Waals surface area (Å²) in [6, 6.07) is 13.2. The number of carbonyl (C=O) groups is 3. The predicted octanol–water partition coefficient (Wildman–Crippen LogP) is 0.0359. The lowest BCUT2D eigenvalue weighted by Gasteiger charge is -2.33. The Kier molecular flexibility index (Phi) is 4.95. The number of urea groups is 1. The molecular formula is C25H27N4O5+. The van der Waals surface area contributed by atoms with Gasteiger partial charge >= 0.3 is 6.03 Å². The summed E-state index contributed by atoms with van der Waals surface area (Å²) in [6.07, 6.45) is 1.27. The molecule has 1 atom stereocenters. The zero-order valence-corrected chi connectivity index (χ0v) is 18.8. The number of rotatable bonds is 4. The number of quaternary nitrogens is 1. The Morgan fingerprint density at radius 1 is 1.06 bits per heavy atom. The summed E-state index contributed by atoms with van der Waals surface area (Å²) in [5.41, 5.74) is 2.07. The van der Waals surface area contributed by atoms with E-state index in [-0.39, 0.29) is 25.2 Å². The molecular weight excluding hydrogens is 436 g/mol. The number of amides is 4. The molecule has 1 spiro atoms. The highest BCUT2D eigenvalue weighted by Gasteiger charge is 2.55. The molecule has 9 heteroatoms. The molecule has 0 bridgehead atoms. The molecule has 0 saturated carbocycles. The number of hydrogen-bond donors (Lipinski definition) is 2. The van der Waals surface area contributed by atoms with Crippen molar-refractivity contribution in [2.24, 2.45) is 0 Å². The van der Waals surface area contributed by atoms with E-state index in [0.29, 0.717) is 19.5 Å². The van der Waals surface area contributed by atoms with Crippen LogP contribution in [0, 0.1) is 0 Å². The van der Waals surface area contributed by atoms with E-state index in [1.165, 1.54) is 10.5 Å². The molecule has 176 valence electrons. The molecule has 2 fully saturated rings. The van der Waals surface area contributed by atoms with Crippen molar-refractivity contribution in [3.05, 3.63) is 59.2 Å². The van der Waals surface area contributed by atoms with Crippen molar-refractivity contribution in [3.63, 3.8) is 0 Å². The molecule has 6 rings (SSSR count). The van der Waals surface area contributed by atoms with E-state index in [9.17, 15) is 14.4 Å². The number of nitrogens with one attached hydrogen (secondary N) is 2. The number of nitrogens with zero attached hydrogens (tertiary/aromatic N) is 2. The van der Waals surface area contributed by atoms with Crippen LogP contribution in [-0.4, -0.2) is 67.2 Å². The standard InChI is InChI=1S/C25H26N4O5/c30-22(15-29-23(31)25(26-24(29)32)8-7-18-3-1-2-4-19(18)25)28-11-9-27(10-12-28)14-17-5-6-20-21(13-17)34-16-33-20/h1-6,13H,7-12,14-16H2,(H,26,32)/p+1/t25-/m1/s1. The normalized spacial score (nSPS) is 23.5. The first-order valence-corrected chi connectivity index (χ1v) is 11.8. The van der Waals surface area contributed by atoms with Crippen molar-refractivity contribution in [2.45, 2.75) is 24.9 Å². The van der Waals surface area contributed by atoms with Crippen LogP contribution in [0.3, 0.4) is 0 Å². The van der Waals surface area contributed by atoms with Gasteiger partial charge < -0.3 is 24.6 Å². The number of fused-ring (bicyclic) bond motifs is 3. The molecule has 4 amide bonds. The zero-order valence-electron chi connectivity index (χ0n) is 18.8. The second-order valence-corrected chi connectivity index (χ2v) is 9.38. The van der Waals surface area contributed by atoms with Gasteiger partial charge in [0.1, 0.15) is 18.6 Å². The monoisotopic (exact) mass is 463 g/mol. The molecule has 0 radical (unpaired) electrons. The first-order chi connectivity index (χ1) is 16.5.